The summed E-state index contributed by atoms with van der Waals surface area (Å²) in [5.74, 6) is -0.150. The van der Waals surface area contributed by atoms with Crippen molar-refractivity contribution in [2.24, 2.45) is 5.73 Å². The van der Waals surface area contributed by atoms with Gasteiger partial charge in [-0.3, -0.25) is 4.79 Å². The summed E-state index contributed by atoms with van der Waals surface area (Å²) in [4.78, 5) is 11.4. The zero-order valence-corrected chi connectivity index (χ0v) is 8.27. The van der Waals surface area contributed by atoms with Crippen LogP contribution in [0.1, 0.15) is 31.2 Å². The molecule has 2 N–H and O–H groups in total. The Labute approximate surface area is 81.8 Å². The smallest absolute Gasteiger partial charge is 0.228 e. The molecule has 1 aromatic heterocycles. The Balaban J connectivity index is 2.39. The molecule has 1 saturated carbocycles. The number of thiophene rings is 1. The molecule has 0 radical (unpaired) electrons. The summed E-state index contributed by atoms with van der Waals surface area (Å²) in [6, 6.07) is 2.03. The summed E-state index contributed by atoms with van der Waals surface area (Å²) in [6.07, 6.45) is 4.11. The van der Waals surface area contributed by atoms with Crippen molar-refractivity contribution in [1.82, 2.24) is 0 Å². The van der Waals surface area contributed by atoms with Crippen LogP contribution in [-0.2, 0) is 10.2 Å². The van der Waals surface area contributed by atoms with Crippen LogP contribution in [0.3, 0.4) is 0 Å². The highest BCUT2D eigenvalue weighted by Crippen LogP contribution is 2.41. The van der Waals surface area contributed by atoms with Crippen molar-refractivity contribution in [3.05, 3.63) is 22.4 Å². The molecule has 0 atom stereocenters. The summed E-state index contributed by atoms with van der Waals surface area (Å²) in [5, 5.41) is 4.06. The van der Waals surface area contributed by atoms with Crippen molar-refractivity contribution in [2.45, 2.75) is 31.1 Å². The van der Waals surface area contributed by atoms with E-state index in [1.807, 2.05) is 11.4 Å². The first-order chi connectivity index (χ1) is 6.26. The molecule has 1 aromatic rings. The minimum Gasteiger partial charge on any atom is -0.369 e. The molecule has 0 aromatic carbocycles. The molecule has 0 saturated heterocycles. The number of rotatable bonds is 2. The molecule has 2 nitrogen and oxygen atoms in total. The minimum absolute atomic E-state index is 0.150. The van der Waals surface area contributed by atoms with Crippen molar-refractivity contribution in [3.8, 4) is 0 Å². The van der Waals surface area contributed by atoms with Gasteiger partial charge in [0.15, 0.2) is 0 Å². The van der Waals surface area contributed by atoms with Crippen LogP contribution < -0.4 is 5.73 Å². The Morgan fingerprint density at radius 1 is 1.46 bits per heavy atom. The van der Waals surface area contributed by atoms with E-state index in [0.717, 1.165) is 31.2 Å². The van der Waals surface area contributed by atoms with E-state index >= 15 is 0 Å². The topological polar surface area (TPSA) is 43.1 Å². The third-order valence-corrected chi connectivity index (χ3v) is 3.69. The molecule has 1 fully saturated rings. The zero-order valence-electron chi connectivity index (χ0n) is 7.45. The van der Waals surface area contributed by atoms with Gasteiger partial charge < -0.3 is 5.73 Å². The Hall–Kier alpha value is -0.830. The summed E-state index contributed by atoms with van der Waals surface area (Å²) in [6.45, 7) is 0. The Bertz CT molecular complexity index is 299. The average molecular weight is 195 g/mol. The maximum absolute atomic E-state index is 11.4. The van der Waals surface area contributed by atoms with Gasteiger partial charge in [0, 0.05) is 0 Å². The Kier molecular flexibility index (Phi) is 2.12. The fourth-order valence-corrected chi connectivity index (χ4v) is 2.95. The van der Waals surface area contributed by atoms with E-state index in [1.54, 1.807) is 11.3 Å². The molecule has 1 heterocycles. The number of carbonyl (C=O) groups excluding carboxylic acids is 1. The molecule has 2 rings (SSSR count). The van der Waals surface area contributed by atoms with Crippen molar-refractivity contribution in [1.29, 1.82) is 0 Å². The van der Waals surface area contributed by atoms with Crippen molar-refractivity contribution >= 4 is 17.2 Å². The monoisotopic (exact) mass is 195 g/mol. The van der Waals surface area contributed by atoms with Gasteiger partial charge in [-0.1, -0.05) is 12.8 Å². The molecule has 70 valence electrons. The second-order valence-corrected chi connectivity index (χ2v) is 4.45. The van der Waals surface area contributed by atoms with E-state index in [4.69, 9.17) is 5.73 Å². The second kappa shape index (κ2) is 3.14. The highest BCUT2D eigenvalue weighted by atomic mass is 32.1. The normalized spacial score (nSPS) is 20.3. The molecule has 1 amide bonds. The van der Waals surface area contributed by atoms with Crippen LogP contribution in [0.4, 0.5) is 0 Å². The molecule has 0 bridgehead atoms. The van der Waals surface area contributed by atoms with Crippen molar-refractivity contribution in [3.63, 3.8) is 0 Å². The summed E-state index contributed by atoms with van der Waals surface area (Å²) in [7, 11) is 0. The molecule has 13 heavy (non-hydrogen) atoms. The SMILES string of the molecule is NC(=O)C1(c2ccsc2)CCCC1. The van der Waals surface area contributed by atoms with Gasteiger partial charge in [0.2, 0.25) is 5.91 Å². The molecule has 0 unspecified atom stereocenters. The van der Waals surface area contributed by atoms with Gasteiger partial charge in [-0.05, 0) is 35.2 Å². The fourth-order valence-electron chi connectivity index (χ4n) is 2.19. The van der Waals surface area contributed by atoms with E-state index < -0.39 is 0 Å². The Morgan fingerprint density at radius 3 is 2.62 bits per heavy atom. The first kappa shape index (κ1) is 8.75. The number of hydrogen-bond donors (Lipinski definition) is 1. The van der Waals surface area contributed by atoms with Crippen LogP contribution in [0.2, 0.25) is 0 Å². The van der Waals surface area contributed by atoms with Gasteiger partial charge in [0.1, 0.15) is 0 Å². The number of amides is 1. The van der Waals surface area contributed by atoms with E-state index in [-0.39, 0.29) is 11.3 Å². The van der Waals surface area contributed by atoms with Crippen LogP contribution >= 0.6 is 11.3 Å². The van der Waals surface area contributed by atoms with Crippen molar-refractivity contribution < 1.29 is 4.79 Å². The first-order valence-electron chi connectivity index (χ1n) is 4.58. The van der Waals surface area contributed by atoms with Crippen LogP contribution in [0, 0.1) is 0 Å². The lowest BCUT2D eigenvalue weighted by Crippen LogP contribution is -2.38. The Morgan fingerprint density at radius 2 is 2.15 bits per heavy atom. The number of carbonyl (C=O) groups is 1. The van der Waals surface area contributed by atoms with Crippen molar-refractivity contribution in [2.75, 3.05) is 0 Å². The van der Waals surface area contributed by atoms with Crippen LogP contribution in [-0.4, -0.2) is 5.91 Å². The molecular weight excluding hydrogens is 182 g/mol. The zero-order chi connectivity index (χ0) is 9.31. The van der Waals surface area contributed by atoms with E-state index in [2.05, 4.69) is 5.38 Å². The highest BCUT2D eigenvalue weighted by molar-refractivity contribution is 7.08. The molecule has 3 heteroatoms. The lowest BCUT2D eigenvalue weighted by molar-refractivity contribution is -0.123. The second-order valence-electron chi connectivity index (χ2n) is 3.67. The first-order valence-corrected chi connectivity index (χ1v) is 5.52. The van der Waals surface area contributed by atoms with Gasteiger partial charge in [-0.25, -0.2) is 0 Å². The van der Waals surface area contributed by atoms with Crippen LogP contribution in [0.25, 0.3) is 0 Å². The van der Waals surface area contributed by atoms with Gasteiger partial charge in [-0.15, -0.1) is 0 Å². The predicted molar refractivity (Wildman–Crippen MR) is 53.7 cm³/mol. The summed E-state index contributed by atoms with van der Waals surface area (Å²) >= 11 is 1.63. The lowest BCUT2D eigenvalue weighted by Gasteiger charge is -2.23. The molecule has 0 aliphatic heterocycles. The number of primary amides is 1. The predicted octanol–water partition coefficient (Wildman–Crippen LogP) is 2.05. The fraction of sp³-hybridized carbons (Fsp3) is 0.500. The van der Waals surface area contributed by atoms with E-state index in [0.29, 0.717) is 0 Å². The van der Waals surface area contributed by atoms with Gasteiger partial charge in [0.05, 0.1) is 5.41 Å². The lowest BCUT2D eigenvalue weighted by atomic mass is 9.80. The van der Waals surface area contributed by atoms with Gasteiger partial charge >= 0.3 is 0 Å². The number of hydrogen-bond acceptors (Lipinski definition) is 2. The quantitative estimate of drug-likeness (QED) is 0.771. The number of nitrogens with two attached hydrogens (primary N) is 1. The standard InChI is InChI=1S/C10H13NOS/c11-9(12)10(4-1-2-5-10)8-3-6-13-7-8/h3,6-7H,1-2,4-5H2,(H2,11,12). The third-order valence-electron chi connectivity index (χ3n) is 3.00. The van der Waals surface area contributed by atoms with Gasteiger partial charge in [0.25, 0.3) is 0 Å². The minimum atomic E-state index is -0.333. The van der Waals surface area contributed by atoms with Crippen LogP contribution in [0.15, 0.2) is 16.8 Å². The van der Waals surface area contributed by atoms with Crippen LogP contribution in [0.5, 0.6) is 0 Å². The molecular formula is C10H13NOS. The highest BCUT2D eigenvalue weighted by Gasteiger charge is 2.41. The summed E-state index contributed by atoms with van der Waals surface area (Å²) in [5.41, 5.74) is 6.28. The maximum atomic E-state index is 11.4. The maximum Gasteiger partial charge on any atom is 0.228 e. The molecule has 0 spiro atoms. The van der Waals surface area contributed by atoms with Gasteiger partial charge in [-0.2, -0.15) is 11.3 Å². The third kappa shape index (κ3) is 1.27. The largest absolute Gasteiger partial charge is 0.369 e. The summed E-state index contributed by atoms with van der Waals surface area (Å²) < 4.78 is 0. The van der Waals surface area contributed by atoms with E-state index in [9.17, 15) is 4.79 Å². The van der Waals surface area contributed by atoms with E-state index in [1.165, 1.54) is 0 Å². The average Bonchev–Trinajstić information content (AvgIpc) is 2.75. The molecule has 1 aliphatic carbocycles. The molecule has 1 aliphatic rings.